The number of carbonyl (C=O) groups excluding carboxylic acids is 1. The monoisotopic (exact) mass is 148 g/mol. The molecule has 0 heterocycles. The third-order valence-corrected chi connectivity index (χ3v) is 1.70. The quantitative estimate of drug-likeness (QED) is 0.521. The van der Waals surface area contributed by atoms with Gasteiger partial charge in [0.05, 0.1) is 0 Å². The highest BCUT2D eigenvalue weighted by atomic mass is 16.1. The lowest BCUT2D eigenvalue weighted by atomic mass is 10.0. The Morgan fingerprint density at radius 3 is 3.09 bits per heavy atom. The van der Waals surface area contributed by atoms with E-state index in [2.05, 4.69) is 13.0 Å². The van der Waals surface area contributed by atoms with Crippen LogP contribution in [0.15, 0.2) is 36.0 Å². The minimum atomic E-state index is 0.537. The fraction of sp³-hybridized carbons (Fsp3) is 0.300. The predicted molar refractivity (Wildman–Crippen MR) is 46.2 cm³/mol. The molecule has 1 nitrogen and oxygen atoms in total. The molecule has 1 unspecified atom stereocenters. The first kappa shape index (κ1) is 7.99. The summed E-state index contributed by atoms with van der Waals surface area (Å²) < 4.78 is 0. The van der Waals surface area contributed by atoms with Crippen molar-refractivity contribution < 1.29 is 4.79 Å². The van der Waals surface area contributed by atoms with Gasteiger partial charge in [-0.25, -0.2) is 0 Å². The van der Waals surface area contributed by atoms with Gasteiger partial charge >= 0.3 is 0 Å². The molecule has 0 amide bonds. The second-order valence-corrected chi connectivity index (χ2v) is 2.78. The predicted octanol–water partition coefficient (Wildman–Crippen LogP) is 2.26. The fourth-order valence-electron chi connectivity index (χ4n) is 0.976. The van der Waals surface area contributed by atoms with Crippen molar-refractivity contribution in [2.24, 2.45) is 5.92 Å². The fourth-order valence-corrected chi connectivity index (χ4v) is 0.976. The summed E-state index contributed by atoms with van der Waals surface area (Å²) >= 11 is 0. The van der Waals surface area contributed by atoms with Gasteiger partial charge in [0.25, 0.3) is 0 Å². The molecule has 0 aromatic carbocycles. The minimum absolute atomic E-state index is 0.537. The number of carbonyl (C=O) groups is 1. The number of hydrogen-bond donors (Lipinski definition) is 0. The third-order valence-electron chi connectivity index (χ3n) is 1.70. The summed E-state index contributed by atoms with van der Waals surface area (Å²) in [7, 11) is 0. The van der Waals surface area contributed by atoms with Gasteiger partial charge in [0, 0.05) is 5.57 Å². The lowest BCUT2D eigenvalue weighted by Crippen LogP contribution is -1.90. The van der Waals surface area contributed by atoms with Crippen LogP contribution in [-0.2, 0) is 4.79 Å². The smallest absolute Gasteiger partial charge is 0.149 e. The van der Waals surface area contributed by atoms with Crippen LogP contribution < -0.4 is 0 Å². The molecule has 0 spiro atoms. The molecule has 1 heteroatoms. The van der Waals surface area contributed by atoms with Crippen LogP contribution in [-0.4, -0.2) is 6.29 Å². The molecule has 0 saturated carbocycles. The molecule has 0 saturated heterocycles. The number of hydrogen-bond acceptors (Lipinski definition) is 1. The Kier molecular flexibility index (Phi) is 2.84. The standard InChI is InChI=1S/C10H12O/c1-9-4-2-3-5-10(8-11)7-6-9/h2-5,7-9H,6H2,1H3/b4-2?,5-3+,10-7+. The highest BCUT2D eigenvalue weighted by molar-refractivity contribution is 5.77. The summed E-state index contributed by atoms with van der Waals surface area (Å²) in [6.45, 7) is 2.13. The van der Waals surface area contributed by atoms with E-state index in [4.69, 9.17) is 0 Å². The summed E-state index contributed by atoms with van der Waals surface area (Å²) in [5, 5.41) is 0. The van der Waals surface area contributed by atoms with E-state index < -0.39 is 0 Å². The first-order valence-corrected chi connectivity index (χ1v) is 3.83. The summed E-state index contributed by atoms with van der Waals surface area (Å²) in [5.41, 5.74) is 0.779. The van der Waals surface area contributed by atoms with Crippen molar-refractivity contribution in [3.05, 3.63) is 36.0 Å². The lowest BCUT2D eigenvalue weighted by molar-refractivity contribution is -0.104. The van der Waals surface area contributed by atoms with Crippen molar-refractivity contribution in [3.8, 4) is 0 Å². The zero-order chi connectivity index (χ0) is 8.10. The van der Waals surface area contributed by atoms with Crippen molar-refractivity contribution >= 4 is 6.29 Å². The topological polar surface area (TPSA) is 17.1 Å². The molecule has 58 valence electrons. The van der Waals surface area contributed by atoms with Gasteiger partial charge in [-0.2, -0.15) is 0 Å². The minimum Gasteiger partial charge on any atom is -0.298 e. The maximum absolute atomic E-state index is 10.4. The van der Waals surface area contributed by atoms with Crippen LogP contribution in [0.5, 0.6) is 0 Å². The van der Waals surface area contributed by atoms with E-state index in [1.807, 2.05) is 24.3 Å². The Bertz CT molecular complexity index is 221. The first-order chi connectivity index (χ1) is 5.33. The lowest BCUT2D eigenvalue weighted by Gasteiger charge is -2.02. The Morgan fingerprint density at radius 1 is 1.55 bits per heavy atom. The van der Waals surface area contributed by atoms with Crippen LogP contribution in [0, 0.1) is 5.92 Å². The average Bonchev–Trinajstić information content (AvgIpc) is 1.98. The van der Waals surface area contributed by atoms with Crippen molar-refractivity contribution in [2.75, 3.05) is 0 Å². The number of allylic oxidation sites excluding steroid dienone is 6. The van der Waals surface area contributed by atoms with Gasteiger partial charge in [0.2, 0.25) is 0 Å². The Balaban J connectivity index is 2.76. The van der Waals surface area contributed by atoms with Crippen LogP contribution in [0.25, 0.3) is 0 Å². The zero-order valence-corrected chi connectivity index (χ0v) is 6.66. The van der Waals surface area contributed by atoms with Crippen LogP contribution in [0.4, 0.5) is 0 Å². The average molecular weight is 148 g/mol. The molecule has 0 N–H and O–H groups in total. The molecule has 11 heavy (non-hydrogen) atoms. The van der Waals surface area contributed by atoms with Gasteiger partial charge in [-0.15, -0.1) is 0 Å². The van der Waals surface area contributed by atoms with E-state index in [0.29, 0.717) is 5.92 Å². The molecule has 1 aliphatic rings. The molecule has 1 rings (SSSR count). The Labute approximate surface area is 67.1 Å². The van der Waals surface area contributed by atoms with E-state index in [9.17, 15) is 4.79 Å². The largest absolute Gasteiger partial charge is 0.298 e. The van der Waals surface area contributed by atoms with Crippen LogP contribution in [0.2, 0.25) is 0 Å². The summed E-state index contributed by atoms with van der Waals surface area (Å²) in [6, 6.07) is 0. The molecule has 1 aliphatic carbocycles. The third kappa shape index (κ3) is 2.54. The highest BCUT2D eigenvalue weighted by Gasteiger charge is 1.96. The van der Waals surface area contributed by atoms with Gasteiger partial charge in [-0.05, 0) is 12.3 Å². The highest BCUT2D eigenvalue weighted by Crippen LogP contribution is 2.09. The SMILES string of the molecule is CC1C=C/C=C/C(C=O)=C\C1. The van der Waals surface area contributed by atoms with E-state index >= 15 is 0 Å². The second-order valence-electron chi connectivity index (χ2n) is 2.78. The normalized spacial score (nSPS) is 31.4. The van der Waals surface area contributed by atoms with E-state index in [1.54, 1.807) is 0 Å². The molecular formula is C10H12O. The van der Waals surface area contributed by atoms with Crippen molar-refractivity contribution in [2.45, 2.75) is 13.3 Å². The maximum Gasteiger partial charge on any atom is 0.149 e. The van der Waals surface area contributed by atoms with Crippen molar-refractivity contribution in [1.29, 1.82) is 0 Å². The van der Waals surface area contributed by atoms with E-state index in [1.165, 1.54) is 0 Å². The summed E-state index contributed by atoms with van der Waals surface area (Å²) in [5.74, 6) is 0.537. The molecule has 0 aromatic heterocycles. The molecule has 0 bridgehead atoms. The van der Waals surface area contributed by atoms with Crippen LogP contribution in [0.1, 0.15) is 13.3 Å². The molecule has 0 fully saturated rings. The van der Waals surface area contributed by atoms with Gasteiger partial charge in [-0.3, -0.25) is 4.79 Å². The van der Waals surface area contributed by atoms with Gasteiger partial charge < -0.3 is 0 Å². The van der Waals surface area contributed by atoms with Gasteiger partial charge in [-0.1, -0.05) is 37.3 Å². The Morgan fingerprint density at radius 2 is 2.36 bits per heavy atom. The molecule has 0 radical (unpaired) electrons. The van der Waals surface area contributed by atoms with Crippen molar-refractivity contribution in [1.82, 2.24) is 0 Å². The zero-order valence-electron chi connectivity index (χ0n) is 6.66. The first-order valence-electron chi connectivity index (χ1n) is 3.83. The Hall–Kier alpha value is -1.11. The molecular weight excluding hydrogens is 136 g/mol. The second kappa shape index (κ2) is 3.91. The maximum atomic E-state index is 10.4. The van der Waals surface area contributed by atoms with E-state index in [-0.39, 0.29) is 0 Å². The molecule has 0 aliphatic heterocycles. The van der Waals surface area contributed by atoms with Crippen molar-refractivity contribution in [3.63, 3.8) is 0 Å². The molecule has 0 aromatic rings. The van der Waals surface area contributed by atoms with Gasteiger partial charge in [0.15, 0.2) is 0 Å². The van der Waals surface area contributed by atoms with E-state index in [0.717, 1.165) is 18.3 Å². The van der Waals surface area contributed by atoms with Crippen LogP contribution in [0.3, 0.4) is 0 Å². The van der Waals surface area contributed by atoms with Gasteiger partial charge in [0.1, 0.15) is 6.29 Å². The molecule has 1 atom stereocenters. The summed E-state index contributed by atoms with van der Waals surface area (Å²) in [4.78, 5) is 10.4. The number of aldehydes is 1. The summed E-state index contributed by atoms with van der Waals surface area (Å²) in [6.07, 6.45) is 11.7. The van der Waals surface area contributed by atoms with Crippen LogP contribution >= 0.6 is 0 Å². The number of rotatable bonds is 1.